The van der Waals surface area contributed by atoms with E-state index < -0.39 is 0 Å². The van der Waals surface area contributed by atoms with Gasteiger partial charge in [-0.3, -0.25) is 4.79 Å². The molecule has 2 rings (SSSR count). The lowest BCUT2D eigenvalue weighted by Gasteiger charge is -2.11. The second kappa shape index (κ2) is 5.50. The van der Waals surface area contributed by atoms with Crippen LogP contribution in [0.1, 0.15) is 23.2 Å². The van der Waals surface area contributed by atoms with E-state index in [0.29, 0.717) is 22.9 Å². The molecule has 0 spiro atoms. The van der Waals surface area contributed by atoms with Crippen LogP contribution in [-0.4, -0.2) is 33.8 Å². The van der Waals surface area contributed by atoms with Crippen molar-refractivity contribution < 1.29 is 4.79 Å². The van der Waals surface area contributed by atoms with Crippen molar-refractivity contribution in [2.45, 2.75) is 18.1 Å². The number of carbonyl (C=O) groups is 1. The van der Waals surface area contributed by atoms with Gasteiger partial charge in [0.05, 0.1) is 5.56 Å². The summed E-state index contributed by atoms with van der Waals surface area (Å²) in [7, 11) is 0. The normalized spacial score (nSPS) is 19.7. The van der Waals surface area contributed by atoms with Gasteiger partial charge >= 0.3 is 0 Å². The molecule has 1 aromatic heterocycles. The number of carbonyl (C=O) groups excluding carboxylic acids is 1. The molecule has 1 aromatic rings. The largest absolute Gasteiger partial charge is 0.368 e. The zero-order valence-corrected chi connectivity index (χ0v) is 10.2. The van der Waals surface area contributed by atoms with Gasteiger partial charge in [-0.25, -0.2) is 9.97 Å². The lowest BCUT2D eigenvalue weighted by Crippen LogP contribution is -2.15. The molecule has 0 amide bonds. The molecule has 0 aliphatic carbocycles. The molecule has 0 saturated carbocycles. The first-order valence-corrected chi connectivity index (χ1v) is 6.55. The maximum Gasteiger partial charge on any atom is 0.156 e. The molecule has 0 radical (unpaired) electrons. The van der Waals surface area contributed by atoms with Gasteiger partial charge < -0.3 is 5.32 Å². The summed E-state index contributed by atoms with van der Waals surface area (Å²) in [4.78, 5) is 18.6. The van der Waals surface area contributed by atoms with Gasteiger partial charge in [0.25, 0.3) is 0 Å². The Morgan fingerprint density at radius 3 is 3.19 bits per heavy atom. The van der Waals surface area contributed by atoms with Crippen molar-refractivity contribution in [2.24, 2.45) is 0 Å². The predicted octanol–water partition coefficient (Wildman–Crippen LogP) is 2.25. The van der Waals surface area contributed by atoms with Crippen LogP contribution in [0, 0.1) is 0 Å². The third-order valence-electron chi connectivity index (χ3n) is 2.47. The first-order chi connectivity index (χ1) is 7.81. The molecule has 86 valence electrons. The summed E-state index contributed by atoms with van der Waals surface area (Å²) in [6.45, 7) is 0.818. The zero-order chi connectivity index (χ0) is 11.4. The molecule has 1 fully saturated rings. The van der Waals surface area contributed by atoms with E-state index in [2.05, 4.69) is 15.3 Å². The Balaban J connectivity index is 2.02. The van der Waals surface area contributed by atoms with Crippen LogP contribution < -0.4 is 5.32 Å². The van der Waals surface area contributed by atoms with E-state index in [1.165, 1.54) is 24.9 Å². The summed E-state index contributed by atoms with van der Waals surface area (Å²) in [5, 5.41) is 3.96. The van der Waals surface area contributed by atoms with Crippen LogP contribution in [0.4, 0.5) is 5.82 Å². The van der Waals surface area contributed by atoms with Gasteiger partial charge in [-0.05, 0) is 18.6 Å². The number of hydrogen-bond donors (Lipinski definition) is 1. The smallest absolute Gasteiger partial charge is 0.156 e. The third-order valence-corrected chi connectivity index (χ3v) is 4.17. The van der Waals surface area contributed by atoms with E-state index in [9.17, 15) is 4.79 Å². The standard InChI is InChI=1S/C10H12ClN3OS/c11-9-8(5-15)10(14-6-13-9)12-4-7-2-1-3-16-7/h5-7H,1-4H2,(H,12,13,14). The number of halogens is 1. The van der Waals surface area contributed by atoms with E-state index >= 15 is 0 Å². The highest BCUT2D eigenvalue weighted by Gasteiger charge is 2.16. The molecular formula is C10H12ClN3OS. The molecule has 1 aliphatic rings. The van der Waals surface area contributed by atoms with Gasteiger partial charge in [0, 0.05) is 11.8 Å². The van der Waals surface area contributed by atoms with E-state index in [1.807, 2.05) is 11.8 Å². The molecule has 16 heavy (non-hydrogen) atoms. The first kappa shape index (κ1) is 11.7. The second-order valence-electron chi connectivity index (χ2n) is 3.56. The van der Waals surface area contributed by atoms with Crippen molar-refractivity contribution in [3.05, 3.63) is 17.0 Å². The van der Waals surface area contributed by atoms with Crippen molar-refractivity contribution in [1.29, 1.82) is 0 Å². The number of nitrogens with zero attached hydrogens (tertiary/aromatic N) is 2. The van der Waals surface area contributed by atoms with Crippen molar-refractivity contribution in [1.82, 2.24) is 9.97 Å². The first-order valence-electron chi connectivity index (χ1n) is 5.12. The predicted molar refractivity (Wildman–Crippen MR) is 66.4 cm³/mol. The molecule has 0 bridgehead atoms. The lowest BCUT2D eigenvalue weighted by molar-refractivity contribution is 0.112. The Morgan fingerprint density at radius 2 is 2.50 bits per heavy atom. The van der Waals surface area contributed by atoms with Crippen molar-refractivity contribution in [2.75, 3.05) is 17.6 Å². The van der Waals surface area contributed by atoms with E-state index in [4.69, 9.17) is 11.6 Å². The lowest BCUT2D eigenvalue weighted by atomic mass is 10.2. The van der Waals surface area contributed by atoms with Crippen LogP contribution in [0.3, 0.4) is 0 Å². The summed E-state index contributed by atoms with van der Waals surface area (Å²) < 4.78 is 0. The van der Waals surface area contributed by atoms with Crippen LogP contribution in [0.2, 0.25) is 5.15 Å². The summed E-state index contributed by atoms with van der Waals surface area (Å²) >= 11 is 7.75. The highest BCUT2D eigenvalue weighted by atomic mass is 35.5. The average molecular weight is 258 g/mol. The topological polar surface area (TPSA) is 54.9 Å². The van der Waals surface area contributed by atoms with E-state index in [1.54, 1.807) is 0 Å². The van der Waals surface area contributed by atoms with Gasteiger partial charge in [0.2, 0.25) is 0 Å². The van der Waals surface area contributed by atoms with Gasteiger partial charge in [-0.15, -0.1) is 0 Å². The Bertz CT molecular complexity index is 382. The van der Waals surface area contributed by atoms with Crippen molar-refractivity contribution in [3.8, 4) is 0 Å². The molecule has 1 aliphatic heterocycles. The van der Waals surface area contributed by atoms with Crippen LogP contribution in [-0.2, 0) is 0 Å². The molecule has 1 N–H and O–H groups in total. The Morgan fingerprint density at radius 1 is 1.62 bits per heavy atom. The second-order valence-corrected chi connectivity index (χ2v) is 5.33. The number of aromatic nitrogens is 2. The number of aldehydes is 1. The van der Waals surface area contributed by atoms with Crippen LogP contribution >= 0.6 is 23.4 Å². The van der Waals surface area contributed by atoms with Gasteiger partial charge in [0.1, 0.15) is 17.3 Å². The number of nitrogens with one attached hydrogen (secondary N) is 1. The quantitative estimate of drug-likeness (QED) is 0.662. The molecule has 1 unspecified atom stereocenters. The molecule has 6 heteroatoms. The molecule has 4 nitrogen and oxygen atoms in total. The Hall–Kier alpha value is -0.810. The number of hydrogen-bond acceptors (Lipinski definition) is 5. The van der Waals surface area contributed by atoms with Gasteiger partial charge in [0.15, 0.2) is 6.29 Å². The number of anilines is 1. The minimum absolute atomic E-state index is 0.201. The highest BCUT2D eigenvalue weighted by Crippen LogP contribution is 2.26. The summed E-state index contributed by atoms with van der Waals surface area (Å²) in [5.41, 5.74) is 0.340. The Kier molecular flexibility index (Phi) is 4.01. The minimum atomic E-state index is 0.201. The monoisotopic (exact) mass is 257 g/mol. The summed E-state index contributed by atoms with van der Waals surface area (Å²) in [6, 6.07) is 0. The van der Waals surface area contributed by atoms with Crippen LogP contribution in [0.25, 0.3) is 0 Å². The highest BCUT2D eigenvalue weighted by molar-refractivity contribution is 8.00. The summed E-state index contributed by atoms with van der Waals surface area (Å²) in [5.74, 6) is 1.75. The minimum Gasteiger partial charge on any atom is -0.368 e. The van der Waals surface area contributed by atoms with Crippen molar-refractivity contribution in [3.63, 3.8) is 0 Å². The summed E-state index contributed by atoms with van der Waals surface area (Å²) in [6.07, 6.45) is 4.53. The zero-order valence-electron chi connectivity index (χ0n) is 8.65. The fourth-order valence-corrected chi connectivity index (χ4v) is 3.01. The molecular weight excluding hydrogens is 246 g/mol. The molecule has 1 atom stereocenters. The molecule has 0 aromatic carbocycles. The molecule has 2 heterocycles. The third kappa shape index (κ3) is 2.65. The fourth-order valence-electron chi connectivity index (χ4n) is 1.64. The number of rotatable bonds is 4. The Labute approximate surface area is 103 Å². The average Bonchev–Trinajstić information content (AvgIpc) is 2.79. The van der Waals surface area contributed by atoms with E-state index in [-0.39, 0.29) is 5.15 Å². The molecule has 1 saturated heterocycles. The number of thioether (sulfide) groups is 1. The maximum atomic E-state index is 10.8. The van der Waals surface area contributed by atoms with Crippen LogP contribution in [0.15, 0.2) is 6.33 Å². The van der Waals surface area contributed by atoms with Gasteiger partial charge in [-0.2, -0.15) is 11.8 Å². The van der Waals surface area contributed by atoms with Gasteiger partial charge in [-0.1, -0.05) is 11.6 Å². The fraction of sp³-hybridized carbons (Fsp3) is 0.500. The van der Waals surface area contributed by atoms with Crippen molar-refractivity contribution >= 4 is 35.5 Å². The maximum absolute atomic E-state index is 10.8. The van der Waals surface area contributed by atoms with Crippen LogP contribution in [0.5, 0.6) is 0 Å². The van der Waals surface area contributed by atoms with E-state index in [0.717, 1.165) is 6.54 Å². The SMILES string of the molecule is O=Cc1c(Cl)ncnc1NCC1CCCS1.